The molecule has 20 heavy (non-hydrogen) atoms. The fourth-order valence-electron chi connectivity index (χ4n) is 2.53. The lowest BCUT2D eigenvalue weighted by atomic mass is 10.0. The van der Waals surface area contributed by atoms with Gasteiger partial charge in [-0.05, 0) is 57.9 Å². The average molecular weight is 280 g/mol. The molecule has 0 bridgehead atoms. The Morgan fingerprint density at radius 3 is 2.60 bits per heavy atom. The number of rotatable bonds is 9. The summed E-state index contributed by atoms with van der Waals surface area (Å²) in [6.07, 6.45) is 1.01. The fraction of sp³-hybridized carbons (Fsp3) is 0.688. The first-order chi connectivity index (χ1) is 9.56. The van der Waals surface area contributed by atoms with E-state index in [1.54, 1.807) is 7.11 Å². The number of methoxy groups -OCH3 is 1. The maximum Gasteiger partial charge on any atom is 0.0700 e. The van der Waals surface area contributed by atoms with Crippen LogP contribution >= 0.6 is 0 Å². The van der Waals surface area contributed by atoms with Crippen LogP contribution in [-0.4, -0.2) is 38.5 Å². The molecule has 1 aromatic rings. The summed E-state index contributed by atoms with van der Waals surface area (Å²) in [5.74, 6) is 0. The van der Waals surface area contributed by atoms with Crippen molar-refractivity contribution >= 4 is 0 Å². The highest BCUT2D eigenvalue weighted by Crippen LogP contribution is 2.20. The summed E-state index contributed by atoms with van der Waals surface area (Å²) in [5.41, 5.74) is 4.84. The number of hydrogen-bond acceptors (Lipinski definition) is 4. The minimum absolute atomic E-state index is 0.321. The van der Waals surface area contributed by atoms with Gasteiger partial charge in [-0.15, -0.1) is 0 Å². The molecule has 0 spiro atoms. The Bertz CT molecular complexity index is 384. The zero-order valence-corrected chi connectivity index (χ0v) is 13.5. The van der Waals surface area contributed by atoms with Gasteiger partial charge in [0.1, 0.15) is 0 Å². The number of aromatic nitrogens is 1. The van der Waals surface area contributed by atoms with E-state index in [2.05, 4.69) is 37.1 Å². The highest BCUT2D eigenvalue weighted by molar-refractivity contribution is 5.33. The number of aryl methyl sites for hydroxylation is 3. The summed E-state index contributed by atoms with van der Waals surface area (Å²) < 4.78 is 10.4. The lowest BCUT2D eigenvalue weighted by Crippen LogP contribution is -2.23. The quantitative estimate of drug-likeness (QED) is 0.706. The van der Waals surface area contributed by atoms with E-state index in [0.717, 1.165) is 31.0 Å². The molecular weight excluding hydrogens is 252 g/mol. The zero-order chi connectivity index (χ0) is 15.0. The topological polar surface area (TPSA) is 43.4 Å². The molecule has 114 valence electrons. The van der Waals surface area contributed by atoms with E-state index in [4.69, 9.17) is 9.47 Å². The highest BCUT2D eigenvalue weighted by Gasteiger charge is 2.12. The second kappa shape index (κ2) is 9.06. The van der Waals surface area contributed by atoms with Crippen LogP contribution in [0.1, 0.15) is 41.9 Å². The van der Waals surface area contributed by atoms with Crippen LogP contribution in [0, 0.1) is 20.8 Å². The fourth-order valence-corrected chi connectivity index (χ4v) is 2.53. The van der Waals surface area contributed by atoms with Gasteiger partial charge in [0.25, 0.3) is 0 Å². The molecule has 1 rings (SSSR count). The number of nitrogens with one attached hydrogen (secondary N) is 1. The Balaban J connectivity index is 2.34. The second-order valence-electron chi connectivity index (χ2n) is 5.21. The first-order valence-corrected chi connectivity index (χ1v) is 7.31. The number of pyridine rings is 1. The van der Waals surface area contributed by atoms with Crippen molar-refractivity contribution in [2.24, 2.45) is 0 Å². The molecule has 1 aromatic heterocycles. The van der Waals surface area contributed by atoms with Gasteiger partial charge in [0.2, 0.25) is 0 Å². The van der Waals surface area contributed by atoms with E-state index in [0.29, 0.717) is 19.3 Å². The van der Waals surface area contributed by atoms with Crippen molar-refractivity contribution in [2.45, 2.75) is 40.2 Å². The maximum absolute atomic E-state index is 5.45. The maximum atomic E-state index is 5.45. The SMILES string of the molecule is COCCOCCCNC(C)c1c(C)cc(C)nc1C. The molecule has 0 radical (unpaired) electrons. The third-order valence-electron chi connectivity index (χ3n) is 3.36. The van der Waals surface area contributed by atoms with Crippen molar-refractivity contribution in [1.29, 1.82) is 0 Å². The third-order valence-corrected chi connectivity index (χ3v) is 3.36. The van der Waals surface area contributed by atoms with E-state index >= 15 is 0 Å². The number of ether oxygens (including phenoxy) is 2. The molecule has 0 aromatic carbocycles. The van der Waals surface area contributed by atoms with Crippen LogP contribution in [0.4, 0.5) is 0 Å². The first kappa shape index (κ1) is 17.1. The first-order valence-electron chi connectivity index (χ1n) is 7.31. The minimum atomic E-state index is 0.321. The second-order valence-corrected chi connectivity index (χ2v) is 5.21. The van der Waals surface area contributed by atoms with Crippen molar-refractivity contribution in [1.82, 2.24) is 10.3 Å². The van der Waals surface area contributed by atoms with Gasteiger partial charge in [0.15, 0.2) is 0 Å². The predicted octanol–water partition coefficient (Wildman–Crippen LogP) is 2.71. The molecule has 0 saturated carbocycles. The van der Waals surface area contributed by atoms with Gasteiger partial charge in [0.05, 0.1) is 13.2 Å². The summed E-state index contributed by atoms with van der Waals surface area (Å²) in [5, 5.41) is 3.54. The molecule has 0 aliphatic carbocycles. The van der Waals surface area contributed by atoms with Gasteiger partial charge in [0, 0.05) is 31.1 Å². The Morgan fingerprint density at radius 2 is 1.95 bits per heavy atom. The average Bonchev–Trinajstić information content (AvgIpc) is 2.36. The summed E-state index contributed by atoms with van der Waals surface area (Å²) in [7, 11) is 1.69. The summed E-state index contributed by atoms with van der Waals surface area (Å²) in [6.45, 7) is 11.5. The number of nitrogens with zero attached hydrogens (tertiary/aromatic N) is 1. The van der Waals surface area contributed by atoms with Crippen molar-refractivity contribution in [2.75, 3.05) is 33.5 Å². The molecule has 4 nitrogen and oxygen atoms in total. The molecule has 0 fully saturated rings. The molecule has 1 heterocycles. The largest absolute Gasteiger partial charge is 0.382 e. The predicted molar refractivity (Wildman–Crippen MR) is 82.2 cm³/mol. The van der Waals surface area contributed by atoms with Crippen LogP contribution in [0.3, 0.4) is 0 Å². The molecule has 1 atom stereocenters. The van der Waals surface area contributed by atoms with Crippen molar-refractivity contribution in [3.63, 3.8) is 0 Å². The van der Waals surface area contributed by atoms with Crippen molar-refractivity contribution < 1.29 is 9.47 Å². The van der Waals surface area contributed by atoms with Gasteiger partial charge >= 0.3 is 0 Å². The van der Waals surface area contributed by atoms with Crippen molar-refractivity contribution in [3.8, 4) is 0 Å². The Hall–Kier alpha value is -0.970. The van der Waals surface area contributed by atoms with E-state index in [-0.39, 0.29) is 0 Å². The molecule has 0 aliphatic heterocycles. The van der Waals surface area contributed by atoms with Gasteiger partial charge in [-0.1, -0.05) is 0 Å². The minimum Gasteiger partial charge on any atom is -0.382 e. The van der Waals surface area contributed by atoms with Crippen LogP contribution in [0.2, 0.25) is 0 Å². The Morgan fingerprint density at radius 1 is 1.20 bits per heavy atom. The number of hydrogen-bond donors (Lipinski definition) is 1. The van der Waals surface area contributed by atoms with Crippen molar-refractivity contribution in [3.05, 3.63) is 28.6 Å². The van der Waals surface area contributed by atoms with E-state index in [9.17, 15) is 0 Å². The van der Waals surface area contributed by atoms with Gasteiger partial charge in [-0.2, -0.15) is 0 Å². The summed E-state index contributed by atoms with van der Waals surface area (Å²) in [4.78, 5) is 4.56. The van der Waals surface area contributed by atoms with Crippen LogP contribution in [0.5, 0.6) is 0 Å². The van der Waals surface area contributed by atoms with E-state index < -0.39 is 0 Å². The molecule has 4 heteroatoms. The van der Waals surface area contributed by atoms with E-state index in [1.807, 2.05) is 6.92 Å². The molecular formula is C16H28N2O2. The molecule has 0 aliphatic rings. The highest BCUT2D eigenvalue weighted by atomic mass is 16.5. The van der Waals surface area contributed by atoms with Gasteiger partial charge in [-0.3, -0.25) is 4.98 Å². The van der Waals surface area contributed by atoms with Crippen LogP contribution < -0.4 is 5.32 Å². The summed E-state index contributed by atoms with van der Waals surface area (Å²) in [6, 6.07) is 2.47. The summed E-state index contributed by atoms with van der Waals surface area (Å²) >= 11 is 0. The monoisotopic (exact) mass is 280 g/mol. The van der Waals surface area contributed by atoms with E-state index in [1.165, 1.54) is 11.1 Å². The molecule has 0 amide bonds. The van der Waals surface area contributed by atoms with Crippen LogP contribution in [-0.2, 0) is 9.47 Å². The van der Waals surface area contributed by atoms with Crippen LogP contribution in [0.25, 0.3) is 0 Å². The Kier molecular flexibility index (Phi) is 7.73. The molecule has 1 N–H and O–H groups in total. The lowest BCUT2D eigenvalue weighted by Gasteiger charge is -2.19. The molecule has 1 unspecified atom stereocenters. The molecule has 0 saturated heterocycles. The normalized spacial score (nSPS) is 12.7. The van der Waals surface area contributed by atoms with Gasteiger partial charge < -0.3 is 14.8 Å². The Labute approximate surface area is 122 Å². The third kappa shape index (κ3) is 5.57. The smallest absolute Gasteiger partial charge is 0.0700 e. The zero-order valence-electron chi connectivity index (χ0n) is 13.5. The lowest BCUT2D eigenvalue weighted by molar-refractivity contribution is 0.0693. The standard InChI is InChI=1S/C16H28N2O2/c1-12-11-13(2)18-15(4)16(12)14(3)17-7-6-8-20-10-9-19-5/h11,14,17H,6-10H2,1-5H3. The van der Waals surface area contributed by atoms with Gasteiger partial charge in [-0.25, -0.2) is 0 Å². The van der Waals surface area contributed by atoms with Crippen LogP contribution in [0.15, 0.2) is 6.07 Å².